The van der Waals surface area contributed by atoms with Gasteiger partial charge in [-0.05, 0) is 45.0 Å². The van der Waals surface area contributed by atoms with Gasteiger partial charge in [0.2, 0.25) is 0 Å². The molecule has 1 aromatic rings. The van der Waals surface area contributed by atoms with E-state index in [1.54, 1.807) is 0 Å². The molecule has 0 radical (unpaired) electrons. The van der Waals surface area contributed by atoms with Crippen molar-refractivity contribution in [3.63, 3.8) is 0 Å². The fourth-order valence-corrected chi connectivity index (χ4v) is 3.05. The number of sulfone groups is 1. The van der Waals surface area contributed by atoms with Gasteiger partial charge in [-0.1, -0.05) is 6.42 Å². The van der Waals surface area contributed by atoms with Gasteiger partial charge in [-0.3, -0.25) is 0 Å². The van der Waals surface area contributed by atoms with Gasteiger partial charge in [-0.15, -0.1) is 0 Å². The number of rotatable bonds is 7. The number of nitrogens with one attached hydrogen (secondary N) is 1. The number of unbranched alkanes of at least 4 members (excludes halogenated alkanes) is 1. The van der Waals surface area contributed by atoms with Crippen LogP contribution >= 0.6 is 0 Å². The molecule has 0 aliphatic rings. The second-order valence-corrected chi connectivity index (χ2v) is 6.69. The van der Waals surface area contributed by atoms with Crippen LogP contribution in [0.2, 0.25) is 0 Å². The summed E-state index contributed by atoms with van der Waals surface area (Å²) in [5.74, 6) is -2.22. The maximum Gasteiger partial charge on any atom is 0.178 e. The van der Waals surface area contributed by atoms with Crippen LogP contribution in [0.4, 0.5) is 8.78 Å². The van der Waals surface area contributed by atoms with E-state index in [0.29, 0.717) is 12.5 Å². The van der Waals surface area contributed by atoms with Crippen molar-refractivity contribution in [2.24, 2.45) is 0 Å². The van der Waals surface area contributed by atoms with Crippen LogP contribution in [0.25, 0.3) is 0 Å². The van der Waals surface area contributed by atoms with Crippen LogP contribution in [0.3, 0.4) is 0 Å². The third-order valence-corrected chi connectivity index (χ3v) is 4.84. The fourth-order valence-electron chi connectivity index (χ4n) is 1.68. The topological polar surface area (TPSA) is 46.2 Å². The first-order valence-corrected chi connectivity index (χ1v) is 7.87. The Balaban J connectivity index is 2.58. The summed E-state index contributed by atoms with van der Waals surface area (Å²) in [5.41, 5.74) is 0. The molecule has 1 atom stereocenters. The van der Waals surface area contributed by atoms with Crippen LogP contribution in [-0.4, -0.2) is 27.3 Å². The van der Waals surface area contributed by atoms with Crippen molar-refractivity contribution in [1.29, 1.82) is 0 Å². The molecule has 0 aromatic heterocycles. The van der Waals surface area contributed by atoms with Gasteiger partial charge in [0.15, 0.2) is 21.5 Å². The van der Waals surface area contributed by atoms with E-state index in [2.05, 4.69) is 5.32 Å². The lowest BCUT2D eigenvalue weighted by molar-refractivity contribution is 0.504. The first-order valence-electron chi connectivity index (χ1n) is 6.22. The zero-order valence-corrected chi connectivity index (χ0v) is 11.9. The Labute approximate surface area is 112 Å². The molecule has 0 aliphatic carbocycles. The van der Waals surface area contributed by atoms with Crippen LogP contribution in [0.15, 0.2) is 23.1 Å². The van der Waals surface area contributed by atoms with Gasteiger partial charge in [-0.25, -0.2) is 17.2 Å². The second-order valence-electron chi connectivity index (χ2n) is 4.58. The predicted molar refractivity (Wildman–Crippen MR) is 70.8 cm³/mol. The van der Waals surface area contributed by atoms with E-state index in [9.17, 15) is 17.2 Å². The first kappa shape index (κ1) is 16.0. The molecule has 0 aliphatic heterocycles. The monoisotopic (exact) mass is 291 g/mol. The number of benzene rings is 1. The molecule has 19 heavy (non-hydrogen) atoms. The molecule has 3 nitrogen and oxygen atoms in total. The lowest BCUT2D eigenvalue weighted by atomic mass is 10.1. The van der Waals surface area contributed by atoms with Crippen molar-refractivity contribution in [1.82, 2.24) is 5.32 Å². The van der Waals surface area contributed by atoms with Gasteiger partial charge in [0, 0.05) is 6.04 Å². The summed E-state index contributed by atoms with van der Waals surface area (Å²) in [6, 6.07) is 3.02. The molecule has 0 saturated heterocycles. The highest BCUT2D eigenvalue weighted by Crippen LogP contribution is 2.16. The van der Waals surface area contributed by atoms with Crippen molar-refractivity contribution >= 4 is 9.84 Å². The molecule has 1 unspecified atom stereocenters. The number of hydrogen-bond donors (Lipinski definition) is 1. The van der Waals surface area contributed by atoms with Gasteiger partial charge in [-0.2, -0.15) is 0 Å². The van der Waals surface area contributed by atoms with E-state index in [0.717, 1.165) is 31.0 Å². The van der Waals surface area contributed by atoms with Gasteiger partial charge in [0.1, 0.15) is 0 Å². The molecule has 0 amide bonds. The molecule has 1 N–H and O–H groups in total. The lowest BCUT2D eigenvalue weighted by Gasteiger charge is -2.09. The zero-order chi connectivity index (χ0) is 14.5. The lowest BCUT2D eigenvalue weighted by Crippen LogP contribution is -2.21. The predicted octanol–water partition coefficient (Wildman–Crippen LogP) is 2.52. The average Bonchev–Trinajstić information content (AvgIpc) is 2.37. The minimum atomic E-state index is -3.53. The standard InChI is InChI=1S/C13H19F2NO2S/c1-10(16-2)5-3-4-8-19(17,18)11-6-7-12(14)13(15)9-11/h6-7,9-10,16H,3-5,8H2,1-2H3. The van der Waals surface area contributed by atoms with Gasteiger partial charge >= 0.3 is 0 Å². The minimum absolute atomic E-state index is 0.0471. The molecule has 1 aromatic carbocycles. The Morgan fingerprint density at radius 3 is 2.47 bits per heavy atom. The third kappa shape index (κ3) is 4.87. The van der Waals surface area contributed by atoms with Gasteiger partial charge < -0.3 is 5.32 Å². The van der Waals surface area contributed by atoms with Crippen molar-refractivity contribution in [2.75, 3.05) is 12.8 Å². The average molecular weight is 291 g/mol. The maximum atomic E-state index is 13.0. The van der Waals surface area contributed by atoms with Gasteiger partial charge in [0.05, 0.1) is 10.6 Å². The van der Waals surface area contributed by atoms with Crippen molar-refractivity contribution in [3.05, 3.63) is 29.8 Å². The Kier molecular flexibility index (Phi) is 5.87. The normalized spacial score (nSPS) is 13.5. The number of hydrogen-bond acceptors (Lipinski definition) is 3. The molecule has 108 valence electrons. The highest BCUT2D eigenvalue weighted by atomic mass is 32.2. The summed E-state index contributed by atoms with van der Waals surface area (Å²) >= 11 is 0. The number of halogens is 2. The second kappa shape index (κ2) is 6.96. The minimum Gasteiger partial charge on any atom is -0.317 e. The van der Waals surface area contributed by atoms with Crippen molar-refractivity contribution in [2.45, 2.75) is 37.1 Å². The van der Waals surface area contributed by atoms with Crippen molar-refractivity contribution in [3.8, 4) is 0 Å². The summed E-state index contributed by atoms with van der Waals surface area (Å²) in [6.45, 7) is 2.02. The summed E-state index contributed by atoms with van der Waals surface area (Å²) in [5, 5.41) is 3.07. The van der Waals surface area contributed by atoms with Crippen LogP contribution < -0.4 is 5.32 Å². The molecule has 0 bridgehead atoms. The highest BCUT2D eigenvalue weighted by Gasteiger charge is 2.16. The molecule has 1 rings (SSSR count). The van der Waals surface area contributed by atoms with Crippen LogP contribution in [0.5, 0.6) is 0 Å². The Morgan fingerprint density at radius 1 is 1.21 bits per heavy atom. The quantitative estimate of drug-likeness (QED) is 0.620. The van der Waals surface area contributed by atoms with E-state index in [-0.39, 0.29) is 10.6 Å². The van der Waals surface area contributed by atoms with E-state index in [1.807, 2.05) is 14.0 Å². The molecule has 0 fully saturated rings. The molecule has 6 heteroatoms. The van der Waals surface area contributed by atoms with Crippen LogP contribution in [0.1, 0.15) is 26.2 Å². The third-order valence-electron chi connectivity index (χ3n) is 3.04. The first-order chi connectivity index (χ1) is 8.86. The molecular weight excluding hydrogens is 272 g/mol. The van der Waals surface area contributed by atoms with E-state index in [1.165, 1.54) is 0 Å². The SMILES string of the molecule is CNC(C)CCCCS(=O)(=O)c1ccc(F)c(F)c1. The summed E-state index contributed by atoms with van der Waals surface area (Å²) in [4.78, 5) is -0.159. The summed E-state index contributed by atoms with van der Waals surface area (Å²) < 4.78 is 49.6. The van der Waals surface area contributed by atoms with Crippen molar-refractivity contribution < 1.29 is 17.2 Å². The maximum absolute atomic E-state index is 13.0. The Bertz CT molecular complexity index is 517. The van der Waals surface area contributed by atoms with E-state index < -0.39 is 21.5 Å². The Morgan fingerprint density at radius 2 is 1.89 bits per heavy atom. The summed E-state index contributed by atoms with van der Waals surface area (Å²) in [7, 11) is -1.68. The Hall–Kier alpha value is -1.01. The molecular formula is C13H19F2NO2S. The van der Waals surface area contributed by atoms with Gasteiger partial charge in [0.25, 0.3) is 0 Å². The van der Waals surface area contributed by atoms with E-state index >= 15 is 0 Å². The zero-order valence-electron chi connectivity index (χ0n) is 11.1. The molecule has 0 saturated carbocycles. The largest absolute Gasteiger partial charge is 0.317 e. The highest BCUT2D eigenvalue weighted by molar-refractivity contribution is 7.91. The molecule has 0 spiro atoms. The van der Waals surface area contributed by atoms with Crippen LogP contribution in [0, 0.1) is 11.6 Å². The van der Waals surface area contributed by atoms with E-state index in [4.69, 9.17) is 0 Å². The fraction of sp³-hybridized carbons (Fsp3) is 0.538. The summed E-state index contributed by atoms with van der Waals surface area (Å²) in [6.07, 6.45) is 2.15. The smallest absolute Gasteiger partial charge is 0.178 e. The van der Waals surface area contributed by atoms with Crippen LogP contribution in [-0.2, 0) is 9.84 Å². The molecule has 0 heterocycles.